The highest BCUT2D eigenvalue weighted by atomic mass is 19.1. The summed E-state index contributed by atoms with van der Waals surface area (Å²) in [6.07, 6.45) is 4.09. The number of para-hydroxylation sites is 1. The van der Waals surface area contributed by atoms with Crippen molar-refractivity contribution in [2.45, 2.75) is 0 Å². The second-order valence-electron chi connectivity index (χ2n) is 7.25. The number of morpholine rings is 1. The smallest absolute Gasteiger partial charge is 0.251 e. The summed E-state index contributed by atoms with van der Waals surface area (Å²) in [7, 11) is 1.37. The molecular formula is C24H24FN5O3. The molecule has 0 unspecified atom stereocenters. The number of rotatable bonds is 6. The van der Waals surface area contributed by atoms with E-state index in [4.69, 9.17) is 15.2 Å². The van der Waals surface area contributed by atoms with Crippen LogP contribution in [0.1, 0.15) is 5.69 Å². The monoisotopic (exact) mass is 449 g/mol. The Morgan fingerprint density at radius 2 is 1.97 bits per heavy atom. The summed E-state index contributed by atoms with van der Waals surface area (Å²) in [6, 6.07) is 14.0. The zero-order chi connectivity index (χ0) is 23.2. The molecule has 0 saturated carbocycles. The molecule has 1 aliphatic rings. The SMILES string of the molecule is COc1cn(-c2ccc(N3CCOCC3)cc2F)nc(C(C=CN)=Nc2ccccc2)c1=O. The molecule has 33 heavy (non-hydrogen) atoms. The molecule has 1 saturated heterocycles. The van der Waals surface area contributed by atoms with E-state index in [0.717, 1.165) is 5.69 Å². The molecule has 1 aromatic heterocycles. The van der Waals surface area contributed by atoms with E-state index in [0.29, 0.717) is 32.0 Å². The van der Waals surface area contributed by atoms with Crippen LogP contribution in [0.15, 0.2) is 76.8 Å². The number of anilines is 1. The Bertz CT molecular complexity index is 1230. The Morgan fingerprint density at radius 1 is 1.21 bits per heavy atom. The molecule has 3 aromatic rings. The third kappa shape index (κ3) is 4.93. The minimum Gasteiger partial charge on any atom is -0.491 e. The van der Waals surface area contributed by atoms with E-state index in [2.05, 4.69) is 15.0 Å². The topological polar surface area (TPSA) is 95.0 Å². The molecule has 0 aliphatic carbocycles. The highest BCUT2D eigenvalue weighted by Crippen LogP contribution is 2.23. The average Bonchev–Trinajstić information content (AvgIpc) is 2.85. The van der Waals surface area contributed by atoms with E-state index < -0.39 is 11.2 Å². The number of hydrogen-bond donors (Lipinski definition) is 1. The summed E-state index contributed by atoms with van der Waals surface area (Å²) in [6.45, 7) is 2.59. The first kappa shape index (κ1) is 22.2. The fourth-order valence-corrected chi connectivity index (χ4v) is 3.51. The fraction of sp³-hybridized carbons (Fsp3) is 0.208. The van der Waals surface area contributed by atoms with Gasteiger partial charge < -0.3 is 20.1 Å². The first-order valence-electron chi connectivity index (χ1n) is 10.4. The predicted molar refractivity (Wildman–Crippen MR) is 125 cm³/mol. The highest BCUT2D eigenvalue weighted by Gasteiger charge is 2.18. The molecule has 4 rings (SSSR count). The Labute approximate surface area is 190 Å². The van der Waals surface area contributed by atoms with Gasteiger partial charge in [-0.2, -0.15) is 5.10 Å². The van der Waals surface area contributed by atoms with Gasteiger partial charge >= 0.3 is 0 Å². The summed E-state index contributed by atoms with van der Waals surface area (Å²) < 4.78 is 27.0. The van der Waals surface area contributed by atoms with Crippen LogP contribution in [0.25, 0.3) is 5.69 Å². The molecule has 8 nitrogen and oxygen atoms in total. The van der Waals surface area contributed by atoms with Gasteiger partial charge in [-0.05, 0) is 42.6 Å². The molecule has 0 spiro atoms. The van der Waals surface area contributed by atoms with Crippen molar-refractivity contribution >= 4 is 17.1 Å². The van der Waals surface area contributed by atoms with Gasteiger partial charge in [0.25, 0.3) is 5.43 Å². The van der Waals surface area contributed by atoms with Crippen molar-refractivity contribution in [2.24, 2.45) is 10.7 Å². The quantitative estimate of drug-likeness (QED) is 0.582. The molecule has 2 N–H and O–H groups in total. The molecule has 9 heteroatoms. The highest BCUT2D eigenvalue weighted by molar-refractivity contribution is 6.08. The summed E-state index contributed by atoms with van der Waals surface area (Å²) in [5, 5.41) is 4.38. The summed E-state index contributed by atoms with van der Waals surface area (Å²) >= 11 is 0. The molecule has 0 amide bonds. The van der Waals surface area contributed by atoms with Gasteiger partial charge in [-0.15, -0.1) is 0 Å². The van der Waals surface area contributed by atoms with Gasteiger partial charge in [-0.1, -0.05) is 18.2 Å². The number of hydrogen-bond acceptors (Lipinski definition) is 7. The molecule has 1 aliphatic heterocycles. The number of benzene rings is 2. The molecule has 1 fully saturated rings. The fourth-order valence-electron chi connectivity index (χ4n) is 3.51. The number of methoxy groups -OCH3 is 1. The Morgan fingerprint density at radius 3 is 2.64 bits per heavy atom. The number of halogens is 1. The van der Waals surface area contributed by atoms with Crippen LogP contribution in [0.2, 0.25) is 0 Å². The Hall–Kier alpha value is -3.98. The molecule has 2 aromatic carbocycles. The van der Waals surface area contributed by atoms with Crippen LogP contribution in [-0.4, -0.2) is 48.9 Å². The van der Waals surface area contributed by atoms with Crippen LogP contribution in [-0.2, 0) is 4.74 Å². The van der Waals surface area contributed by atoms with Crippen LogP contribution in [0.4, 0.5) is 15.8 Å². The van der Waals surface area contributed by atoms with Crippen LogP contribution in [0.3, 0.4) is 0 Å². The van der Waals surface area contributed by atoms with Crippen molar-refractivity contribution in [3.05, 3.63) is 88.7 Å². The van der Waals surface area contributed by atoms with E-state index in [-0.39, 0.29) is 22.8 Å². The number of aliphatic imine (C=N–C) groups is 1. The number of ether oxygens (including phenoxy) is 2. The Balaban J connectivity index is 1.80. The van der Waals surface area contributed by atoms with Gasteiger partial charge in [0.05, 0.1) is 37.9 Å². The van der Waals surface area contributed by atoms with Crippen LogP contribution < -0.4 is 20.8 Å². The predicted octanol–water partition coefficient (Wildman–Crippen LogP) is 2.81. The van der Waals surface area contributed by atoms with Gasteiger partial charge in [0.2, 0.25) is 0 Å². The maximum Gasteiger partial charge on any atom is 0.251 e. The minimum absolute atomic E-state index is 0.00263. The lowest BCUT2D eigenvalue weighted by molar-refractivity contribution is 0.122. The zero-order valence-corrected chi connectivity index (χ0v) is 18.1. The minimum atomic E-state index is -0.487. The van der Waals surface area contributed by atoms with Crippen molar-refractivity contribution in [1.82, 2.24) is 9.78 Å². The molecule has 170 valence electrons. The van der Waals surface area contributed by atoms with Crippen molar-refractivity contribution in [3.63, 3.8) is 0 Å². The number of allylic oxidation sites excluding steroid dienone is 1. The first-order valence-corrected chi connectivity index (χ1v) is 10.4. The molecule has 0 atom stereocenters. The van der Waals surface area contributed by atoms with Crippen LogP contribution >= 0.6 is 0 Å². The van der Waals surface area contributed by atoms with Crippen molar-refractivity contribution < 1.29 is 13.9 Å². The third-order valence-electron chi connectivity index (χ3n) is 5.16. The van der Waals surface area contributed by atoms with Gasteiger partial charge in [-0.3, -0.25) is 4.79 Å². The lowest BCUT2D eigenvalue weighted by atomic mass is 10.2. The van der Waals surface area contributed by atoms with Crippen molar-refractivity contribution in [1.29, 1.82) is 0 Å². The van der Waals surface area contributed by atoms with Gasteiger partial charge in [-0.25, -0.2) is 14.1 Å². The van der Waals surface area contributed by atoms with Crippen molar-refractivity contribution in [2.75, 3.05) is 38.3 Å². The van der Waals surface area contributed by atoms with Gasteiger partial charge in [0, 0.05) is 18.8 Å². The van der Waals surface area contributed by atoms with Crippen molar-refractivity contribution in [3.8, 4) is 11.4 Å². The largest absolute Gasteiger partial charge is 0.491 e. The lowest BCUT2D eigenvalue weighted by Crippen LogP contribution is -2.36. The summed E-state index contributed by atoms with van der Waals surface area (Å²) in [5.74, 6) is -0.484. The Kier molecular flexibility index (Phi) is 6.80. The maximum absolute atomic E-state index is 15.2. The average molecular weight is 449 g/mol. The van der Waals surface area contributed by atoms with Gasteiger partial charge in [0.1, 0.15) is 5.69 Å². The van der Waals surface area contributed by atoms with E-state index >= 15 is 4.39 Å². The van der Waals surface area contributed by atoms with E-state index in [1.54, 1.807) is 18.2 Å². The normalized spacial score (nSPS) is 14.6. The number of nitrogens with two attached hydrogens (primary N) is 1. The molecule has 0 bridgehead atoms. The van der Waals surface area contributed by atoms with E-state index in [1.807, 2.05) is 24.3 Å². The number of nitrogens with zero attached hydrogens (tertiary/aromatic N) is 4. The van der Waals surface area contributed by atoms with E-state index in [1.165, 1.54) is 36.3 Å². The van der Waals surface area contributed by atoms with E-state index in [9.17, 15) is 4.79 Å². The molecule has 2 heterocycles. The second-order valence-corrected chi connectivity index (χ2v) is 7.25. The lowest BCUT2D eigenvalue weighted by Gasteiger charge is -2.29. The first-order chi connectivity index (χ1) is 16.1. The van der Waals surface area contributed by atoms with Gasteiger partial charge in [0.15, 0.2) is 17.3 Å². The third-order valence-corrected chi connectivity index (χ3v) is 5.16. The van der Waals surface area contributed by atoms with Crippen LogP contribution in [0.5, 0.6) is 5.75 Å². The summed E-state index contributed by atoms with van der Waals surface area (Å²) in [5.41, 5.74) is 6.87. The number of aromatic nitrogens is 2. The second kappa shape index (κ2) is 10.1. The molecular weight excluding hydrogens is 425 g/mol. The maximum atomic E-state index is 15.2. The van der Waals surface area contributed by atoms with Crippen LogP contribution in [0, 0.1) is 5.82 Å². The summed E-state index contributed by atoms with van der Waals surface area (Å²) in [4.78, 5) is 19.5. The molecule has 0 radical (unpaired) electrons. The standard InChI is InChI=1S/C24H24FN5O3/c1-32-22-16-30(21-8-7-18(15-19(21)25)29-11-13-33-14-12-29)28-23(24(22)31)20(9-10-26)27-17-5-3-2-4-6-17/h2-10,15-16H,11-14,26H2,1H3. The zero-order valence-electron chi connectivity index (χ0n) is 18.1.